The Morgan fingerprint density at radius 2 is 2.21 bits per heavy atom. The monoisotopic (exact) mass is 352 g/mol. The zero-order valence-electron chi connectivity index (χ0n) is 12.8. The van der Waals surface area contributed by atoms with Crippen LogP contribution in [0.1, 0.15) is 34.9 Å². The summed E-state index contributed by atoms with van der Waals surface area (Å²) in [5.74, 6) is -0.491. The molecule has 0 aliphatic carbocycles. The zero-order valence-corrected chi connectivity index (χ0v) is 13.6. The Kier molecular flexibility index (Phi) is 4.37. The van der Waals surface area contributed by atoms with Crippen molar-refractivity contribution in [1.82, 2.24) is 14.9 Å². The van der Waals surface area contributed by atoms with Crippen LogP contribution in [-0.2, 0) is 10.0 Å². The molecule has 0 bridgehead atoms. The second kappa shape index (κ2) is 6.33. The highest BCUT2D eigenvalue weighted by Gasteiger charge is 2.28. The highest BCUT2D eigenvalue weighted by molar-refractivity contribution is 7.89. The van der Waals surface area contributed by atoms with Gasteiger partial charge in [-0.25, -0.2) is 22.9 Å². The van der Waals surface area contributed by atoms with Crippen LogP contribution in [0.2, 0.25) is 0 Å². The minimum Gasteiger partial charge on any atom is -0.348 e. The first kappa shape index (κ1) is 16.6. The summed E-state index contributed by atoms with van der Waals surface area (Å²) in [6, 6.07) is 2.98. The van der Waals surface area contributed by atoms with Crippen LogP contribution in [0.4, 0.5) is 4.39 Å². The van der Waals surface area contributed by atoms with Gasteiger partial charge in [0.05, 0.1) is 10.5 Å². The Morgan fingerprint density at radius 1 is 1.42 bits per heavy atom. The number of amides is 1. The fourth-order valence-electron chi connectivity index (χ4n) is 2.90. The van der Waals surface area contributed by atoms with Crippen molar-refractivity contribution in [3.8, 4) is 0 Å². The summed E-state index contributed by atoms with van der Waals surface area (Å²) in [7, 11) is -4.00. The fraction of sp³-hybridized carbons (Fsp3) is 0.333. The van der Waals surface area contributed by atoms with Crippen LogP contribution < -0.4 is 5.14 Å². The first-order valence-electron chi connectivity index (χ1n) is 7.47. The van der Waals surface area contributed by atoms with Crippen molar-refractivity contribution in [1.29, 1.82) is 0 Å². The number of benzene rings is 1. The molecule has 7 nitrogen and oxygen atoms in total. The molecular weight excluding hydrogens is 335 g/mol. The molecular formula is C15H17FN4O3S. The van der Waals surface area contributed by atoms with E-state index in [9.17, 15) is 17.6 Å². The van der Waals surface area contributed by atoms with Crippen LogP contribution >= 0.6 is 0 Å². The second-order valence-electron chi connectivity index (χ2n) is 5.75. The summed E-state index contributed by atoms with van der Waals surface area (Å²) in [5.41, 5.74) is -0.290. The van der Waals surface area contributed by atoms with Gasteiger partial charge in [-0.15, -0.1) is 0 Å². The Labute approximate surface area is 138 Å². The summed E-state index contributed by atoms with van der Waals surface area (Å²) in [6.07, 6.45) is 4.99. The van der Waals surface area contributed by atoms with Gasteiger partial charge in [-0.2, -0.15) is 0 Å². The van der Waals surface area contributed by atoms with E-state index in [1.807, 2.05) is 0 Å². The highest BCUT2D eigenvalue weighted by Crippen LogP contribution is 2.26. The number of imidazole rings is 1. The van der Waals surface area contributed by atoms with Crippen molar-refractivity contribution < 1.29 is 17.6 Å². The van der Waals surface area contributed by atoms with Crippen molar-refractivity contribution in [2.24, 2.45) is 5.14 Å². The molecule has 3 rings (SSSR count). The van der Waals surface area contributed by atoms with E-state index in [-0.39, 0.29) is 16.4 Å². The maximum absolute atomic E-state index is 14.0. The summed E-state index contributed by atoms with van der Waals surface area (Å²) in [5, 5.41) is 5.05. The molecule has 2 aromatic rings. The molecule has 2 heterocycles. The number of rotatable bonds is 3. The Balaban J connectivity index is 1.86. The van der Waals surface area contributed by atoms with E-state index in [4.69, 9.17) is 5.14 Å². The maximum Gasteiger partial charge on any atom is 0.256 e. The van der Waals surface area contributed by atoms with Crippen LogP contribution in [0.15, 0.2) is 35.5 Å². The van der Waals surface area contributed by atoms with Crippen molar-refractivity contribution in [2.45, 2.75) is 23.7 Å². The number of likely N-dealkylation sites (tertiary alicyclic amines) is 1. The molecule has 128 valence electrons. The van der Waals surface area contributed by atoms with Gasteiger partial charge in [-0.1, -0.05) is 0 Å². The number of hydrogen-bond acceptors (Lipinski definition) is 4. The number of aromatic amines is 1. The first-order valence-corrected chi connectivity index (χ1v) is 9.02. The number of primary sulfonamides is 1. The molecule has 1 aromatic carbocycles. The van der Waals surface area contributed by atoms with Gasteiger partial charge in [-0.3, -0.25) is 4.79 Å². The van der Waals surface area contributed by atoms with Crippen molar-refractivity contribution in [3.05, 3.63) is 47.8 Å². The zero-order chi connectivity index (χ0) is 17.3. The van der Waals surface area contributed by atoms with Crippen molar-refractivity contribution in [2.75, 3.05) is 13.1 Å². The molecule has 0 saturated carbocycles. The lowest BCUT2D eigenvalue weighted by atomic mass is 9.96. The van der Waals surface area contributed by atoms with Gasteiger partial charge in [0.25, 0.3) is 5.91 Å². The third-order valence-electron chi connectivity index (χ3n) is 4.11. The molecule has 1 atom stereocenters. The molecule has 24 heavy (non-hydrogen) atoms. The summed E-state index contributed by atoms with van der Waals surface area (Å²) >= 11 is 0. The quantitative estimate of drug-likeness (QED) is 0.865. The summed E-state index contributed by atoms with van der Waals surface area (Å²) in [6.45, 7) is 0.875. The largest absolute Gasteiger partial charge is 0.348 e. The fourth-order valence-corrected chi connectivity index (χ4v) is 3.44. The van der Waals surface area contributed by atoms with Crippen LogP contribution in [0.5, 0.6) is 0 Å². The lowest BCUT2D eigenvalue weighted by molar-refractivity contribution is 0.0699. The molecule has 3 N–H and O–H groups in total. The van der Waals surface area contributed by atoms with E-state index < -0.39 is 21.7 Å². The Bertz CT molecular complexity index is 852. The molecule has 1 aromatic heterocycles. The number of halogens is 1. The van der Waals surface area contributed by atoms with Crippen LogP contribution in [0.25, 0.3) is 0 Å². The van der Waals surface area contributed by atoms with Crippen LogP contribution in [-0.4, -0.2) is 42.3 Å². The molecule has 1 saturated heterocycles. The molecule has 0 spiro atoms. The van der Waals surface area contributed by atoms with E-state index in [0.29, 0.717) is 13.1 Å². The number of nitrogens with one attached hydrogen (secondary N) is 1. The number of hydrogen-bond donors (Lipinski definition) is 2. The number of carbonyl (C=O) groups excluding carboxylic acids is 1. The Morgan fingerprint density at radius 3 is 2.88 bits per heavy atom. The average Bonchev–Trinajstić information content (AvgIpc) is 3.08. The number of aromatic nitrogens is 2. The van der Waals surface area contributed by atoms with Gasteiger partial charge in [-0.05, 0) is 31.0 Å². The number of carbonyl (C=O) groups is 1. The number of nitrogens with two attached hydrogens (primary N) is 1. The van der Waals surface area contributed by atoms with Gasteiger partial charge in [0.15, 0.2) is 0 Å². The highest BCUT2D eigenvalue weighted by atomic mass is 32.2. The minimum absolute atomic E-state index is 0.0437. The summed E-state index contributed by atoms with van der Waals surface area (Å²) in [4.78, 5) is 21.1. The Hall–Kier alpha value is -2.26. The third-order valence-corrected chi connectivity index (χ3v) is 5.02. The second-order valence-corrected chi connectivity index (χ2v) is 7.31. The SMILES string of the molecule is NS(=O)(=O)c1ccc(F)c(C(=O)N2CCC[C@H](c3ncc[nH]3)C2)c1. The molecule has 9 heteroatoms. The lowest BCUT2D eigenvalue weighted by Crippen LogP contribution is -2.39. The predicted molar refractivity (Wildman–Crippen MR) is 84.2 cm³/mol. The smallest absolute Gasteiger partial charge is 0.256 e. The van der Waals surface area contributed by atoms with Gasteiger partial charge >= 0.3 is 0 Å². The van der Waals surface area contributed by atoms with E-state index in [0.717, 1.165) is 36.9 Å². The van der Waals surface area contributed by atoms with Crippen molar-refractivity contribution >= 4 is 15.9 Å². The molecule has 1 aliphatic rings. The number of sulfonamides is 1. The van der Waals surface area contributed by atoms with E-state index in [1.165, 1.54) is 4.90 Å². The van der Waals surface area contributed by atoms with Gasteiger partial charge in [0.2, 0.25) is 10.0 Å². The number of H-pyrrole nitrogens is 1. The van der Waals surface area contributed by atoms with E-state index in [2.05, 4.69) is 9.97 Å². The van der Waals surface area contributed by atoms with Crippen LogP contribution in [0, 0.1) is 5.82 Å². The van der Waals surface area contributed by atoms with Gasteiger partial charge in [0, 0.05) is 31.4 Å². The van der Waals surface area contributed by atoms with Gasteiger partial charge in [0.1, 0.15) is 11.6 Å². The minimum atomic E-state index is -4.00. The normalized spacial score (nSPS) is 18.6. The van der Waals surface area contributed by atoms with E-state index in [1.54, 1.807) is 12.4 Å². The topological polar surface area (TPSA) is 109 Å². The molecule has 1 aliphatic heterocycles. The molecule has 0 unspecified atom stereocenters. The lowest BCUT2D eigenvalue weighted by Gasteiger charge is -2.32. The molecule has 0 radical (unpaired) electrons. The van der Waals surface area contributed by atoms with E-state index >= 15 is 0 Å². The number of piperidine rings is 1. The third kappa shape index (κ3) is 3.31. The predicted octanol–water partition coefficient (Wildman–Crippen LogP) is 1.22. The average molecular weight is 352 g/mol. The van der Waals surface area contributed by atoms with Gasteiger partial charge < -0.3 is 9.88 Å². The maximum atomic E-state index is 14.0. The van der Waals surface area contributed by atoms with Crippen LogP contribution in [0.3, 0.4) is 0 Å². The molecule has 1 amide bonds. The number of nitrogens with zero attached hydrogens (tertiary/aromatic N) is 2. The van der Waals surface area contributed by atoms with Crippen molar-refractivity contribution in [3.63, 3.8) is 0 Å². The summed E-state index contributed by atoms with van der Waals surface area (Å²) < 4.78 is 36.9. The molecule has 1 fully saturated rings. The standard InChI is InChI=1S/C15H17FN4O3S/c16-13-4-3-11(24(17,22)23)8-12(13)15(21)20-7-1-2-10(9-20)14-18-5-6-19-14/h3-6,8,10H,1-2,7,9H2,(H,18,19)(H2,17,22,23)/t10-/m0/s1. The first-order chi connectivity index (χ1) is 11.4.